The van der Waals surface area contributed by atoms with Gasteiger partial charge in [0.15, 0.2) is 22.3 Å². The van der Waals surface area contributed by atoms with Crippen LogP contribution < -0.4 is 19.6 Å². The molecule has 37 heavy (non-hydrogen) atoms. The summed E-state index contributed by atoms with van der Waals surface area (Å²) in [5.41, 5.74) is 5.66. The zero-order chi connectivity index (χ0) is 25.9. The smallest absolute Gasteiger partial charge is 0.183 e. The minimum Gasteiger partial charge on any atom is -0.494 e. The molecule has 4 aromatic rings. The van der Waals surface area contributed by atoms with Gasteiger partial charge in [0.25, 0.3) is 0 Å². The van der Waals surface area contributed by atoms with E-state index in [0.717, 1.165) is 57.2 Å². The van der Waals surface area contributed by atoms with Crippen LogP contribution in [0.1, 0.15) is 43.7 Å². The van der Waals surface area contributed by atoms with Crippen molar-refractivity contribution in [1.82, 2.24) is 10.4 Å². The van der Waals surface area contributed by atoms with Crippen LogP contribution in [0.2, 0.25) is 0 Å². The van der Waals surface area contributed by atoms with Gasteiger partial charge in [0.1, 0.15) is 5.75 Å². The first-order chi connectivity index (χ1) is 18.2. The number of unbranched alkanes of at least 4 members (excludes halogenated alkanes) is 2. The molecule has 0 saturated heterocycles. The Morgan fingerprint density at radius 2 is 1.81 bits per heavy atom. The number of ether oxygens (including phenoxy) is 3. The first kappa shape index (κ1) is 26.2. The van der Waals surface area contributed by atoms with Crippen LogP contribution in [0.15, 0.2) is 76.8 Å². The number of rotatable bonds is 12. The lowest BCUT2D eigenvalue weighted by Gasteiger charge is -2.11. The third-order valence-electron chi connectivity index (χ3n) is 5.46. The standard InChI is InChI=1S/C29H32N4O3S/c1-4-6-9-18-36-25-17-12-21(19-26(25)34-3)20-30-33-28(29-32-24-10-7-8-11-27(24)37-29)31-22-13-15-23(16-14-22)35-5-2/h7-8,10-17,19-20H,4-6,9,18H2,1-3H3,(H,31,33). The van der Waals surface area contributed by atoms with Crippen LogP contribution in [0.3, 0.4) is 0 Å². The van der Waals surface area contributed by atoms with E-state index < -0.39 is 0 Å². The van der Waals surface area contributed by atoms with E-state index in [1.165, 1.54) is 0 Å². The number of para-hydroxylation sites is 1. The highest BCUT2D eigenvalue weighted by Gasteiger charge is 2.11. The van der Waals surface area contributed by atoms with Crippen LogP contribution in [-0.4, -0.2) is 37.4 Å². The zero-order valence-corrected chi connectivity index (χ0v) is 22.3. The second kappa shape index (κ2) is 13.4. The second-order valence-corrected chi connectivity index (χ2v) is 9.24. The van der Waals surface area contributed by atoms with Gasteiger partial charge in [0, 0.05) is 0 Å². The molecule has 0 aliphatic rings. The largest absolute Gasteiger partial charge is 0.494 e. The highest BCUT2D eigenvalue weighted by molar-refractivity contribution is 7.20. The molecule has 192 valence electrons. The van der Waals surface area contributed by atoms with Gasteiger partial charge in [-0.05, 0) is 73.5 Å². The molecular weight excluding hydrogens is 484 g/mol. The number of thiazole rings is 1. The summed E-state index contributed by atoms with van der Waals surface area (Å²) in [6.07, 6.45) is 5.05. The van der Waals surface area contributed by atoms with Crippen molar-refractivity contribution in [2.45, 2.75) is 33.1 Å². The minimum absolute atomic E-state index is 0.560. The summed E-state index contributed by atoms with van der Waals surface area (Å²) in [5, 5.41) is 5.21. The predicted molar refractivity (Wildman–Crippen MR) is 152 cm³/mol. The van der Waals surface area contributed by atoms with E-state index in [-0.39, 0.29) is 0 Å². The maximum atomic E-state index is 5.88. The van der Waals surface area contributed by atoms with Gasteiger partial charge in [-0.3, -0.25) is 5.43 Å². The highest BCUT2D eigenvalue weighted by atomic mass is 32.1. The lowest BCUT2D eigenvalue weighted by Crippen LogP contribution is -2.18. The quantitative estimate of drug-likeness (QED) is 0.0952. The number of aliphatic imine (C=N–C) groups is 1. The van der Waals surface area contributed by atoms with Gasteiger partial charge in [-0.25, -0.2) is 9.98 Å². The first-order valence-electron chi connectivity index (χ1n) is 12.5. The van der Waals surface area contributed by atoms with E-state index in [1.54, 1.807) is 24.7 Å². The van der Waals surface area contributed by atoms with Gasteiger partial charge < -0.3 is 14.2 Å². The Kier molecular flexibility index (Phi) is 9.48. The van der Waals surface area contributed by atoms with Crippen molar-refractivity contribution in [3.05, 3.63) is 77.3 Å². The molecule has 1 N–H and O–H groups in total. The van der Waals surface area contributed by atoms with E-state index in [9.17, 15) is 0 Å². The van der Waals surface area contributed by atoms with Crippen LogP contribution >= 0.6 is 11.3 Å². The summed E-state index contributed by atoms with van der Waals surface area (Å²) in [4.78, 5) is 9.55. The van der Waals surface area contributed by atoms with Crippen molar-refractivity contribution in [3.8, 4) is 17.2 Å². The van der Waals surface area contributed by atoms with Crippen LogP contribution in [0.5, 0.6) is 17.2 Å². The number of methoxy groups -OCH3 is 1. The molecule has 0 fully saturated rings. The lowest BCUT2D eigenvalue weighted by molar-refractivity contribution is 0.286. The van der Waals surface area contributed by atoms with Crippen molar-refractivity contribution in [1.29, 1.82) is 0 Å². The molecule has 4 rings (SSSR count). The molecule has 0 atom stereocenters. The molecule has 0 saturated carbocycles. The molecular formula is C29H32N4O3S. The summed E-state index contributed by atoms with van der Waals surface area (Å²) < 4.78 is 18.0. The Hall–Kier alpha value is -3.91. The predicted octanol–water partition coefficient (Wildman–Crippen LogP) is 6.97. The summed E-state index contributed by atoms with van der Waals surface area (Å²) in [6.45, 7) is 5.43. The molecule has 0 bridgehead atoms. The monoisotopic (exact) mass is 516 g/mol. The molecule has 0 unspecified atom stereocenters. The highest BCUT2D eigenvalue weighted by Crippen LogP contribution is 2.28. The van der Waals surface area contributed by atoms with Crippen molar-refractivity contribution in [3.63, 3.8) is 0 Å². The normalized spacial score (nSPS) is 11.7. The molecule has 0 spiro atoms. The number of amidine groups is 1. The van der Waals surface area contributed by atoms with Crippen LogP contribution in [0.25, 0.3) is 10.2 Å². The Balaban J connectivity index is 1.54. The number of nitrogens with zero attached hydrogens (tertiary/aromatic N) is 3. The van der Waals surface area contributed by atoms with Crippen LogP contribution in [0, 0.1) is 0 Å². The average Bonchev–Trinajstić information content (AvgIpc) is 3.36. The van der Waals surface area contributed by atoms with Crippen molar-refractivity contribution >= 4 is 39.3 Å². The SMILES string of the molecule is CCCCCOc1ccc(C=NNC(=Nc2ccc(OCC)cc2)c2nc3ccccc3s2)cc1OC. The second-order valence-electron chi connectivity index (χ2n) is 8.21. The van der Waals surface area contributed by atoms with Crippen molar-refractivity contribution < 1.29 is 14.2 Å². The molecule has 0 radical (unpaired) electrons. The number of benzene rings is 3. The fraction of sp³-hybridized carbons (Fsp3) is 0.276. The van der Waals surface area contributed by atoms with Crippen molar-refractivity contribution in [2.24, 2.45) is 10.1 Å². The fourth-order valence-corrected chi connectivity index (χ4v) is 4.50. The molecule has 0 aliphatic heterocycles. The van der Waals surface area contributed by atoms with Gasteiger partial charge >= 0.3 is 0 Å². The van der Waals surface area contributed by atoms with E-state index in [2.05, 4.69) is 17.5 Å². The number of hydrogen-bond acceptors (Lipinski definition) is 7. The van der Waals surface area contributed by atoms with Gasteiger partial charge in [0.2, 0.25) is 0 Å². The number of nitrogens with one attached hydrogen (secondary N) is 1. The van der Waals surface area contributed by atoms with E-state index >= 15 is 0 Å². The van der Waals surface area contributed by atoms with E-state index in [1.807, 2.05) is 73.7 Å². The summed E-state index contributed by atoms with van der Waals surface area (Å²) in [7, 11) is 1.64. The number of hydrazone groups is 1. The summed E-state index contributed by atoms with van der Waals surface area (Å²) >= 11 is 1.56. The number of aromatic nitrogens is 1. The molecule has 0 aliphatic carbocycles. The molecule has 8 heteroatoms. The number of hydrogen-bond donors (Lipinski definition) is 1. The molecule has 3 aromatic carbocycles. The van der Waals surface area contributed by atoms with Gasteiger partial charge in [-0.1, -0.05) is 31.9 Å². The van der Waals surface area contributed by atoms with Crippen LogP contribution in [-0.2, 0) is 0 Å². The molecule has 1 heterocycles. The minimum atomic E-state index is 0.560. The summed E-state index contributed by atoms with van der Waals surface area (Å²) in [5.74, 6) is 2.77. The third-order valence-corrected chi connectivity index (χ3v) is 6.51. The van der Waals surface area contributed by atoms with Crippen LogP contribution in [0.4, 0.5) is 5.69 Å². The maximum absolute atomic E-state index is 5.88. The third kappa shape index (κ3) is 7.30. The molecule has 0 amide bonds. The zero-order valence-electron chi connectivity index (χ0n) is 21.4. The van der Waals surface area contributed by atoms with E-state index in [0.29, 0.717) is 24.8 Å². The Bertz CT molecular complexity index is 1320. The Morgan fingerprint density at radius 1 is 0.973 bits per heavy atom. The van der Waals surface area contributed by atoms with Gasteiger partial charge in [-0.2, -0.15) is 5.10 Å². The first-order valence-corrected chi connectivity index (χ1v) is 13.3. The molecule has 7 nitrogen and oxygen atoms in total. The lowest BCUT2D eigenvalue weighted by atomic mass is 10.2. The van der Waals surface area contributed by atoms with Gasteiger partial charge in [-0.15, -0.1) is 11.3 Å². The van der Waals surface area contributed by atoms with Gasteiger partial charge in [0.05, 0.1) is 42.4 Å². The topological polar surface area (TPSA) is 77.3 Å². The number of fused-ring (bicyclic) bond motifs is 1. The molecule has 1 aromatic heterocycles. The maximum Gasteiger partial charge on any atom is 0.183 e. The Labute approximate surface area is 221 Å². The Morgan fingerprint density at radius 3 is 2.57 bits per heavy atom. The summed E-state index contributed by atoms with van der Waals surface area (Å²) in [6, 6.07) is 21.4. The van der Waals surface area contributed by atoms with E-state index in [4.69, 9.17) is 24.2 Å². The average molecular weight is 517 g/mol. The fourth-order valence-electron chi connectivity index (χ4n) is 3.59. The van der Waals surface area contributed by atoms with Crippen molar-refractivity contribution in [2.75, 3.05) is 20.3 Å².